The van der Waals surface area contributed by atoms with Crippen molar-refractivity contribution in [1.29, 1.82) is 0 Å². The van der Waals surface area contributed by atoms with Gasteiger partial charge in [-0.3, -0.25) is 9.78 Å². The molecule has 6 rings (SSSR count). The van der Waals surface area contributed by atoms with Gasteiger partial charge < -0.3 is 9.84 Å². The molecule has 0 saturated heterocycles. The van der Waals surface area contributed by atoms with Gasteiger partial charge in [-0.15, -0.1) is 28.9 Å². The third-order valence-electron chi connectivity index (χ3n) is 9.41. The van der Waals surface area contributed by atoms with Gasteiger partial charge in [-0.05, 0) is 43.6 Å². The molecule has 263 valence electrons. The molecule has 49 heavy (non-hydrogen) atoms. The summed E-state index contributed by atoms with van der Waals surface area (Å²) in [4.78, 5) is 16.9. The Kier molecular flexibility index (Phi) is 12.4. The number of rotatable bonds is 9. The van der Waals surface area contributed by atoms with Crippen molar-refractivity contribution < 1.29 is 34.7 Å². The molecular weight excluding hydrogens is 819 g/mol. The van der Waals surface area contributed by atoms with Gasteiger partial charge >= 0.3 is 0 Å². The van der Waals surface area contributed by atoms with E-state index < -0.39 is 8.07 Å². The maximum atomic E-state index is 11.7. The second-order valence-electron chi connectivity index (χ2n) is 15.4. The zero-order chi connectivity index (χ0) is 35.0. The summed E-state index contributed by atoms with van der Waals surface area (Å²) in [6, 6.07) is 20.8. The molecular formula is C42H52IrNO3SSi-. The molecule has 7 heteroatoms. The summed E-state index contributed by atoms with van der Waals surface area (Å²) in [5.74, 6) is 2.55. The number of fused-ring (bicyclic) bond motifs is 5. The van der Waals surface area contributed by atoms with Crippen LogP contribution in [-0.2, 0) is 31.3 Å². The van der Waals surface area contributed by atoms with E-state index in [0.29, 0.717) is 0 Å². The van der Waals surface area contributed by atoms with Crippen molar-refractivity contribution in [3.8, 4) is 22.8 Å². The zero-order valence-electron chi connectivity index (χ0n) is 30.8. The number of allylic oxidation sites excluding steroid dienone is 2. The number of aromatic nitrogens is 1. The number of thiophene rings is 1. The van der Waals surface area contributed by atoms with E-state index in [1.165, 1.54) is 37.0 Å². The first-order valence-corrected chi connectivity index (χ1v) is 22.0. The zero-order valence-corrected chi connectivity index (χ0v) is 35.1. The van der Waals surface area contributed by atoms with E-state index in [-0.39, 0.29) is 48.9 Å². The molecule has 0 unspecified atom stereocenters. The fraction of sp³-hybridized carbons (Fsp3) is 0.429. The van der Waals surface area contributed by atoms with Gasteiger partial charge in [-0.2, -0.15) is 0 Å². The molecule has 0 aliphatic carbocycles. The third kappa shape index (κ3) is 8.06. The Labute approximate surface area is 311 Å². The summed E-state index contributed by atoms with van der Waals surface area (Å²) >= 11 is 1.92. The Balaban J connectivity index is 0.000000290. The summed E-state index contributed by atoms with van der Waals surface area (Å²) in [6.07, 6.45) is 5.84. The van der Waals surface area contributed by atoms with E-state index in [9.17, 15) is 9.90 Å². The van der Waals surface area contributed by atoms with Crippen LogP contribution in [0.25, 0.3) is 43.0 Å². The predicted octanol–water partition coefficient (Wildman–Crippen LogP) is 12.2. The minimum atomic E-state index is -1.64. The number of benzene rings is 3. The van der Waals surface area contributed by atoms with Crippen LogP contribution in [0.4, 0.5) is 0 Å². The van der Waals surface area contributed by atoms with E-state index in [4.69, 9.17) is 9.72 Å². The summed E-state index contributed by atoms with van der Waals surface area (Å²) in [6.45, 7) is 22.2. The number of pyridine rings is 1. The van der Waals surface area contributed by atoms with Crippen LogP contribution in [0.2, 0.25) is 19.6 Å². The number of aliphatic hydroxyl groups excluding tert-OH is 1. The maximum absolute atomic E-state index is 11.7. The molecule has 0 spiro atoms. The number of para-hydroxylation sites is 1. The average Bonchev–Trinajstić information content (AvgIpc) is 3.43. The topological polar surface area (TPSA) is 59.4 Å². The van der Waals surface area contributed by atoms with Crippen LogP contribution in [0, 0.1) is 23.3 Å². The Hall–Kier alpha value is -2.83. The van der Waals surface area contributed by atoms with Gasteiger partial charge in [0.25, 0.3) is 0 Å². The van der Waals surface area contributed by atoms with Crippen molar-refractivity contribution in [2.75, 3.05) is 0 Å². The van der Waals surface area contributed by atoms with Gasteiger partial charge in [0, 0.05) is 63.7 Å². The predicted molar refractivity (Wildman–Crippen MR) is 209 cm³/mol. The van der Waals surface area contributed by atoms with Gasteiger partial charge in [0.05, 0.1) is 25.1 Å². The third-order valence-corrected chi connectivity index (χ3v) is 14.2. The summed E-state index contributed by atoms with van der Waals surface area (Å²) < 4.78 is 9.67. The van der Waals surface area contributed by atoms with Gasteiger partial charge in [-0.1, -0.05) is 121 Å². The first-order chi connectivity index (χ1) is 22.7. The van der Waals surface area contributed by atoms with Gasteiger partial charge in [0.2, 0.25) is 0 Å². The molecule has 0 fully saturated rings. The molecule has 0 amide bonds. The standard InChI is InChI=1S/C29H28NOSSi.C13H24O2.Ir/c1-29(2,3)16-21-18-12-8-7-11-17(18)15-20-24-23-26(31-25(20)21)28(33(4,5)6)32-27(23)19-13-9-10-14-22(19)30-24;1-5-10(6-2)12(14)9-13(15)11(7-3)8-4;/h7-14H,16H2,1-6H3;9-11,14H,5-8H2,1-4H3;/q-1;;/b;12-9-;. The fourth-order valence-electron chi connectivity index (χ4n) is 6.72. The normalized spacial score (nSPS) is 12.9. The Morgan fingerprint density at radius 1 is 0.918 bits per heavy atom. The second kappa shape index (κ2) is 15.6. The molecule has 1 N–H and O–H groups in total. The summed E-state index contributed by atoms with van der Waals surface area (Å²) in [5, 5.41) is 14.5. The van der Waals surface area contributed by atoms with Crippen molar-refractivity contribution in [2.24, 2.45) is 17.3 Å². The molecule has 0 atom stereocenters. The molecule has 1 aliphatic rings. The van der Waals surface area contributed by atoms with Crippen molar-refractivity contribution in [3.05, 3.63) is 72.0 Å². The molecule has 2 aromatic heterocycles. The molecule has 0 bridgehead atoms. The number of aliphatic hydroxyl groups is 1. The van der Waals surface area contributed by atoms with Crippen LogP contribution in [0.15, 0.2) is 60.4 Å². The maximum Gasteiger partial charge on any atom is 0.162 e. The van der Waals surface area contributed by atoms with E-state index in [0.717, 1.165) is 65.8 Å². The number of ketones is 1. The van der Waals surface area contributed by atoms with Crippen molar-refractivity contribution in [2.45, 2.75) is 100 Å². The van der Waals surface area contributed by atoms with Crippen LogP contribution >= 0.6 is 11.3 Å². The smallest absolute Gasteiger partial charge is 0.162 e. The number of carbonyl (C=O) groups excluding carboxylic acids is 1. The van der Waals surface area contributed by atoms with E-state index in [1.807, 2.05) is 39.0 Å². The molecule has 3 aromatic carbocycles. The van der Waals surface area contributed by atoms with Crippen LogP contribution in [-0.4, -0.2) is 23.9 Å². The minimum Gasteiger partial charge on any atom is -0.512 e. The molecule has 1 aliphatic heterocycles. The molecule has 1 radical (unpaired) electrons. The van der Waals surface area contributed by atoms with Crippen molar-refractivity contribution in [1.82, 2.24) is 4.98 Å². The van der Waals surface area contributed by atoms with E-state index in [2.05, 4.69) is 95.0 Å². The average molecular weight is 871 g/mol. The second-order valence-corrected chi connectivity index (χ2v) is 21.8. The van der Waals surface area contributed by atoms with Gasteiger partial charge in [0.1, 0.15) is 5.75 Å². The minimum absolute atomic E-state index is 0. The molecule has 3 heterocycles. The van der Waals surface area contributed by atoms with Crippen molar-refractivity contribution in [3.63, 3.8) is 0 Å². The van der Waals surface area contributed by atoms with Crippen molar-refractivity contribution >= 4 is 61.5 Å². The van der Waals surface area contributed by atoms with Crippen LogP contribution in [0.1, 0.15) is 79.7 Å². The van der Waals surface area contributed by atoms with E-state index in [1.54, 1.807) is 0 Å². The SMILES string of the molecule is CC(C)(C)Cc1c2c([c-]c3ccccc13)-c1nc3ccccc3c3sc([Si](C)(C)C)c(c13)O2.CCC(CC)C(=O)/C=C(\O)C(CC)CC.[Ir]. The number of nitrogens with zero attached hydrogens (tertiary/aromatic N) is 1. The van der Waals surface area contributed by atoms with Crippen LogP contribution < -0.4 is 9.24 Å². The Bertz CT molecular complexity index is 1990. The summed E-state index contributed by atoms with van der Waals surface area (Å²) in [7, 11) is -1.64. The number of carbonyl (C=O) groups is 1. The number of hydrogen-bond acceptors (Lipinski definition) is 5. The fourth-order valence-corrected chi connectivity index (χ4v) is 10.1. The molecule has 4 nitrogen and oxygen atoms in total. The first kappa shape index (κ1) is 39.0. The molecule has 0 saturated carbocycles. The number of hydrogen-bond donors (Lipinski definition) is 1. The van der Waals surface area contributed by atoms with E-state index >= 15 is 0 Å². The van der Waals surface area contributed by atoms with Crippen LogP contribution in [0.3, 0.4) is 0 Å². The number of ether oxygens (including phenoxy) is 1. The summed E-state index contributed by atoms with van der Waals surface area (Å²) in [5.41, 5.74) is 4.48. The molecule has 5 aromatic rings. The largest absolute Gasteiger partial charge is 0.512 e. The monoisotopic (exact) mass is 871 g/mol. The first-order valence-electron chi connectivity index (χ1n) is 17.7. The van der Waals surface area contributed by atoms with Gasteiger partial charge in [0.15, 0.2) is 5.78 Å². The van der Waals surface area contributed by atoms with Crippen LogP contribution in [0.5, 0.6) is 11.5 Å². The van der Waals surface area contributed by atoms with Gasteiger partial charge in [-0.25, -0.2) is 0 Å². The quantitative estimate of drug-likeness (QED) is 0.0681. The Morgan fingerprint density at radius 3 is 2.10 bits per heavy atom. The Morgan fingerprint density at radius 2 is 1.51 bits per heavy atom.